The summed E-state index contributed by atoms with van der Waals surface area (Å²) < 4.78 is 62.7. The maximum atomic E-state index is 13.5. The fourth-order valence-electron chi connectivity index (χ4n) is 1.79. The van der Waals surface area contributed by atoms with E-state index in [-0.39, 0.29) is 10.5 Å². The van der Waals surface area contributed by atoms with Crippen molar-refractivity contribution in [2.75, 3.05) is 11.6 Å². The van der Waals surface area contributed by atoms with Crippen LogP contribution in [0.3, 0.4) is 0 Å². The number of carbonyl (C=O) groups is 1. The summed E-state index contributed by atoms with van der Waals surface area (Å²) in [7, 11) is -3.68. The zero-order valence-corrected chi connectivity index (χ0v) is 12.0. The first-order chi connectivity index (χ1) is 10.2. The lowest BCUT2D eigenvalue weighted by Gasteiger charge is -2.10. The number of anilines is 1. The predicted octanol–water partition coefficient (Wildman–Crippen LogP) is 2.76. The van der Waals surface area contributed by atoms with Gasteiger partial charge in [-0.05, 0) is 24.3 Å². The summed E-state index contributed by atoms with van der Waals surface area (Å²) >= 11 is 0. The number of benzene rings is 2. The highest BCUT2D eigenvalue weighted by Gasteiger charge is 2.20. The maximum Gasteiger partial charge on any atom is 0.257 e. The smallest absolute Gasteiger partial charge is 0.257 e. The van der Waals surface area contributed by atoms with E-state index in [1.165, 1.54) is 24.3 Å². The number of hydrogen-bond acceptors (Lipinski definition) is 3. The van der Waals surface area contributed by atoms with Gasteiger partial charge in [-0.3, -0.25) is 4.79 Å². The van der Waals surface area contributed by atoms with Crippen molar-refractivity contribution in [2.45, 2.75) is 4.90 Å². The number of rotatable bonds is 3. The van der Waals surface area contributed by atoms with E-state index >= 15 is 0 Å². The third-order valence-corrected chi connectivity index (χ3v) is 3.97. The Morgan fingerprint density at radius 3 is 2.27 bits per heavy atom. The summed E-state index contributed by atoms with van der Waals surface area (Å²) in [6.07, 6.45) is 0.914. The topological polar surface area (TPSA) is 63.2 Å². The molecule has 0 aromatic heterocycles. The van der Waals surface area contributed by atoms with Crippen LogP contribution >= 0.6 is 0 Å². The second-order valence-corrected chi connectivity index (χ2v) is 6.43. The van der Waals surface area contributed by atoms with Crippen LogP contribution in [0.5, 0.6) is 0 Å². The summed E-state index contributed by atoms with van der Waals surface area (Å²) in [5, 5.41) is 2.02. The van der Waals surface area contributed by atoms with E-state index in [1.54, 1.807) is 0 Å². The second-order valence-electron chi connectivity index (χ2n) is 4.45. The predicted molar refractivity (Wildman–Crippen MR) is 73.8 cm³/mol. The first-order valence-electron chi connectivity index (χ1n) is 5.95. The number of nitrogens with one attached hydrogen (secondary N) is 1. The molecule has 116 valence electrons. The molecule has 0 atom stereocenters. The number of hydrogen-bond donors (Lipinski definition) is 1. The maximum absolute atomic E-state index is 13.5. The third kappa shape index (κ3) is 3.11. The van der Waals surface area contributed by atoms with Crippen molar-refractivity contribution in [2.24, 2.45) is 0 Å². The van der Waals surface area contributed by atoms with Crippen LogP contribution in [-0.2, 0) is 9.84 Å². The van der Waals surface area contributed by atoms with E-state index < -0.39 is 38.9 Å². The Balaban J connectivity index is 2.42. The molecule has 0 bridgehead atoms. The van der Waals surface area contributed by atoms with Crippen molar-refractivity contribution in [1.29, 1.82) is 0 Å². The van der Waals surface area contributed by atoms with Gasteiger partial charge in [0.1, 0.15) is 0 Å². The van der Waals surface area contributed by atoms with E-state index in [0.29, 0.717) is 6.07 Å². The zero-order valence-electron chi connectivity index (χ0n) is 11.2. The van der Waals surface area contributed by atoms with Crippen LogP contribution in [-0.4, -0.2) is 20.6 Å². The molecule has 22 heavy (non-hydrogen) atoms. The van der Waals surface area contributed by atoms with E-state index in [4.69, 9.17) is 0 Å². The molecule has 1 amide bonds. The van der Waals surface area contributed by atoms with Crippen molar-refractivity contribution in [3.05, 3.63) is 59.4 Å². The van der Waals surface area contributed by atoms with Crippen LogP contribution in [0, 0.1) is 17.5 Å². The highest BCUT2D eigenvalue weighted by atomic mass is 32.2. The minimum absolute atomic E-state index is 0.228. The Labute approximate surface area is 124 Å². The molecule has 4 nitrogen and oxygen atoms in total. The number of carbonyl (C=O) groups excluding carboxylic acids is 1. The summed E-state index contributed by atoms with van der Waals surface area (Å²) in [4.78, 5) is 11.8. The molecule has 0 unspecified atom stereocenters. The molecule has 0 aliphatic rings. The van der Waals surface area contributed by atoms with Gasteiger partial charge >= 0.3 is 0 Å². The van der Waals surface area contributed by atoms with Gasteiger partial charge < -0.3 is 5.32 Å². The number of sulfone groups is 1. The molecule has 1 N–H and O–H groups in total. The zero-order chi connectivity index (χ0) is 16.5. The molecular weight excluding hydrogens is 319 g/mol. The molecule has 0 saturated heterocycles. The van der Waals surface area contributed by atoms with Gasteiger partial charge in [0.25, 0.3) is 5.91 Å². The molecular formula is C14H10F3NO3S. The standard InChI is InChI=1S/C14H10F3NO3S/c1-22(20,21)11-5-3-2-4-8(11)14(19)18-10-7-6-9(15)12(16)13(10)17/h2-7H,1H3,(H,18,19). The van der Waals surface area contributed by atoms with E-state index in [9.17, 15) is 26.4 Å². The van der Waals surface area contributed by atoms with Crippen LogP contribution in [0.15, 0.2) is 41.3 Å². The minimum atomic E-state index is -3.68. The molecule has 0 spiro atoms. The molecule has 0 radical (unpaired) electrons. The fourth-order valence-corrected chi connectivity index (χ4v) is 2.68. The highest BCUT2D eigenvalue weighted by molar-refractivity contribution is 7.90. The Hall–Kier alpha value is -2.35. The van der Waals surface area contributed by atoms with Gasteiger partial charge in [-0.2, -0.15) is 0 Å². The van der Waals surface area contributed by atoms with Crippen LogP contribution in [0.4, 0.5) is 18.9 Å². The van der Waals surface area contributed by atoms with Crippen LogP contribution < -0.4 is 5.32 Å². The quantitative estimate of drug-likeness (QED) is 0.881. The number of halogens is 3. The minimum Gasteiger partial charge on any atom is -0.319 e. The van der Waals surface area contributed by atoms with E-state index in [0.717, 1.165) is 12.3 Å². The molecule has 0 aliphatic heterocycles. The van der Waals surface area contributed by atoms with Gasteiger partial charge in [0, 0.05) is 6.26 Å². The van der Waals surface area contributed by atoms with Gasteiger partial charge in [-0.25, -0.2) is 21.6 Å². The Kier molecular flexibility index (Phi) is 4.23. The molecule has 0 fully saturated rings. The van der Waals surface area contributed by atoms with Crippen LogP contribution in [0.25, 0.3) is 0 Å². The lowest BCUT2D eigenvalue weighted by atomic mass is 10.2. The fraction of sp³-hybridized carbons (Fsp3) is 0.0714. The van der Waals surface area contributed by atoms with Crippen LogP contribution in [0.1, 0.15) is 10.4 Å². The van der Waals surface area contributed by atoms with E-state index in [1.807, 2.05) is 5.32 Å². The first kappa shape index (κ1) is 16.0. The lowest BCUT2D eigenvalue weighted by Crippen LogP contribution is -2.17. The van der Waals surface area contributed by atoms with Gasteiger partial charge in [-0.1, -0.05) is 12.1 Å². The monoisotopic (exact) mass is 329 g/mol. The lowest BCUT2D eigenvalue weighted by molar-refractivity contribution is 0.102. The second kappa shape index (κ2) is 5.80. The van der Waals surface area contributed by atoms with Crippen molar-refractivity contribution >= 4 is 21.4 Å². The molecule has 8 heteroatoms. The number of amides is 1. The van der Waals surface area contributed by atoms with Gasteiger partial charge in [0.2, 0.25) is 0 Å². The average Bonchev–Trinajstić information content (AvgIpc) is 2.47. The van der Waals surface area contributed by atoms with Crippen molar-refractivity contribution in [1.82, 2.24) is 0 Å². The molecule has 0 aliphatic carbocycles. The summed E-state index contributed by atoms with van der Waals surface area (Å²) in [6.45, 7) is 0. The summed E-state index contributed by atoms with van der Waals surface area (Å²) in [5.41, 5.74) is -0.818. The normalized spacial score (nSPS) is 11.3. The van der Waals surface area contributed by atoms with Gasteiger partial charge in [-0.15, -0.1) is 0 Å². The first-order valence-corrected chi connectivity index (χ1v) is 7.85. The van der Waals surface area contributed by atoms with Crippen molar-refractivity contribution in [3.8, 4) is 0 Å². The Bertz CT molecular complexity index is 850. The van der Waals surface area contributed by atoms with E-state index in [2.05, 4.69) is 0 Å². The molecule has 0 heterocycles. The highest BCUT2D eigenvalue weighted by Crippen LogP contribution is 2.22. The Morgan fingerprint density at radius 1 is 1.00 bits per heavy atom. The molecule has 2 rings (SSSR count). The van der Waals surface area contributed by atoms with Crippen molar-refractivity contribution < 1.29 is 26.4 Å². The molecule has 0 saturated carbocycles. The molecule has 2 aromatic carbocycles. The summed E-state index contributed by atoms with van der Waals surface area (Å²) in [6, 6.07) is 6.77. The van der Waals surface area contributed by atoms with Gasteiger partial charge in [0.05, 0.1) is 16.1 Å². The van der Waals surface area contributed by atoms with Crippen LogP contribution in [0.2, 0.25) is 0 Å². The van der Waals surface area contributed by atoms with Gasteiger partial charge in [0.15, 0.2) is 27.3 Å². The largest absolute Gasteiger partial charge is 0.319 e. The van der Waals surface area contributed by atoms with Crippen molar-refractivity contribution in [3.63, 3.8) is 0 Å². The SMILES string of the molecule is CS(=O)(=O)c1ccccc1C(=O)Nc1ccc(F)c(F)c1F. The Morgan fingerprint density at radius 2 is 1.64 bits per heavy atom. The molecule has 2 aromatic rings. The third-order valence-electron chi connectivity index (χ3n) is 2.81. The average molecular weight is 329 g/mol. The summed E-state index contributed by atoms with van der Waals surface area (Å²) in [5.74, 6) is -5.64.